The number of alkyl halides is 3. The van der Waals surface area contributed by atoms with Gasteiger partial charge >= 0.3 is 6.18 Å². The molecule has 0 aliphatic heterocycles. The van der Waals surface area contributed by atoms with Crippen molar-refractivity contribution >= 4 is 5.91 Å². The van der Waals surface area contributed by atoms with Gasteiger partial charge in [0.05, 0.1) is 6.04 Å². The molecule has 9 heteroatoms. The van der Waals surface area contributed by atoms with E-state index in [0.29, 0.717) is 5.82 Å². The molecular formula is C14H18F3N3O3. The minimum Gasteiger partial charge on any atom is -0.382 e. The maximum atomic E-state index is 12.7. The Morgan fingerprint density at radius 3 is 2.52 bits per heavy atom. The van der Waals surface area contributed by atoms with Crippen molar-refractivity contribution in [2.45, 2.75) is 50.9 Å². The first-order valence-electron chi connectivity index (χ1n) is 7.26. The van der Waals surface area contributed by atoms with Gasteiger partial charge in [-0.1, -0.05) is 13.8 Å². The van der Waals surface area contributed by atoms with Gasteiger partial charge in [0.2, 0.25) is 0 Å². The highest BCUT2D eigenvalue weighted by atomic mass is 19.4. The van der Waals surface area contributed by atoms with Crippen LogP contribution in [0.5, 0.6) is 0 Å². The molecule has 1 aromatic rings. The first-order chi connectivity index (χ1) is 10.6. The van der Waals surface area contributed by atoms with Gasteiger partial charge in [-0.3, -0.25) is 9.59 Å². The monoisotopic (exact) mass is 333 g/mol. The molecule has 1 amide bonds. The minimum atomic E-state index is -4.86. The number of rotatable bonds is 5. The number of aliphatic hydroxyl groups is 1. The number of halogens is 3. The maximum Gasteiger partial charge on any atom is 0.416 e. The summed E-state index contributed by atoms with van der Waals surface area (Å²) in [5, 5.41) is 11.5. The quantitative estimate of drug-likeness (QED) is 0.757. The van der Waals surface area contributed by atoms with Crippen LogP contribution in [-0.2, 0) is 0 Å². The summed E-state index contributed by atoms with van der Waals surface area (Å²) >= 11 is 0. The van der Waals surface area contributed by atoms with Crippen LogP contribution >= 0.6 is 0 Å². The number of aliphatic hydroxyl groups excluding tert-OH is 1. The summed E-state index contributed by atoms with van der Waals surface area (Å²) in [5.74, 6) is -1.14. The molecule has 0 radical (unpaired) electrons. The van der Waals surface area contributed by atoms with E-state index in [2.05, 4.69) is 15.3 Å². The molecule has 0 bridgehead atoms. The van der Waals surface area contributed by atoms with Gasteiger partial charge in [0.1, 0.15) is 11.5 Å². The third-order valence-corrected chi connectivity index (χ3v) is 3.65. The van der Waals surface area contributed by atoms with Crippen LogP contribution in [0.15, 0.2) is 10.9 Å². The van der Waals surface area contributed by atoms with Gasteiger partial charge in [0, 0.05) is 12.0 Å². The zero-order valence-corrected chi connectivity index (χ0v) is 12.6. The molecule has 0 spiro atoms. The summed E-state index contributed by atoms with van der Waals surface area (Å²) in [6.45, 7) is 2.89. The normalized spacial score (nSPS) is 17.9. The Balaban J connectivity index is 2.20. The van der Waals surface area contributed by atoms with E-state index in [1.807, 2.05) is 0 Å². The molecule has 1 heterocycles. The Kier molecular flexibility index (Phi) is 4.79. The van der Waals surface area contributed by atoms with Gasteiger partial charge in [-0.05, 0) is 18.8 Å². The van der Waals surface area contributed by atoms with Crippen LogP contribution < -0.4 is 10.9 Å². The van der Waals surface area contributed by atoms with Crippen LogP contribution in [0.4, 0.5) is 13.2 Å². The van der Waals surface area contributed by atoms with Crippen molar-refractivity contribution in [1.82, 2.24) is 15.3 Å². The Labute approximate surface area is 130 Å². The van der Waals surface area contributed by atoms with Crippen molar-refractivity contribution in [1.29, 1.82) is 0 Å². The molecule has 1 fully saturated rings. The molecule has 0 saturated heterocycles. The lowest BCUT2D eigenvalue weighted by Gasteiger charge is -2.28. The third kappa shape index (κ3) is 4.31. The van der Waals surface area contributed by atoms with Gasteiger partial charge in [-0.2, -0.15) is 13.2 Å². The lowest BCUT2D eigenvalue weighted by atomic mass is 9.98. The highest BCUT2D eigenvalue weighted by molar-refractivity contribution is 5.92. The van der Waals surface area contributed by atoms with Gasteiger partial charge in [-0.15, -0.1) is 0 Å². The average Bonchev–Trinajstić information content (AvgIpc) is 3.26. The molecule has 128 valence electrons. The third-order valence-electron chi connectivity index (χ3n) is 3.65. The standard InChI is InChI=1S/C14H18F3N3O3/c1-6(2)10(11(22)14(15,16)17)20-13(23)8-5-9(21)19-12(18-8)7-3-4-7/h5-7,10-11,22H,3-4H2,1-2H3,(H,20,23)(H,18,19,21)/t10-,11-/m0/s1. The zero-order valence-electron chi connectivity index (χ0n) is 12.6. The second-order valence-corrected chi connectivity index (χ2v) is 6.02. The van der Waals surface area contributed by atoms with Gasteiger partial charge in [-0.25, -0.2) is 4.98 Å². The molecule has 0 unspecified atom stereocenters. The van der Waals surface area contributed by atoms with E-state index in [0.717, 1.165) is 18.9 Å². The fourth-order valence-electron chi connectivity index (χ4n) is 2.18. The molecule has 23 heavy (non-hydrogen) atoms. The van der Waals surface area contributed by atoms with Crippen molar-refractivity contribution in [3.8, 4) is 0 Å². The first-order valence-corrected chi connectivity index (χ1v) is 7.26. The molecule has 6 nitrogen and oxygen atoms in total. The summed E-state index contributed by atoms with van der Waals surface area (Å²) < 4.78 is 38.0. The predicted octanol–water partition coefficient (Wildman–Crippen LogP) is 1.32. The fraction of sp³-hybridized carbons (Fsp3) is 0.643. The van der Waals surface area contributed by atoms with Gasteiger partial charge in [0.25, 0.3) is 11.5 Å². The van der Waals surface area contributed by atoms with Crippen LogP contribution in [0.1, 0.15) is 48.9 Å². The number of carbonyl (C=O) groups excluding carboxylic acids is 1. The van der Waals surface area contributed by atoms with E-state index in [9.17, 15) is 27.9 Å². The molecule has 1 aliphatic rings. The highest BCUT2D eigenvalue weighted by Gasteiger charge is 2.45. The fourth-order valence-corrected chi connectivity index (χ4v) is 2.18. The van der Waals surface area contributed by atoms with E-state index in [-0.39, 0.29) is 11.6 Å². The zero-order chi connectivity index (χ0) is 17.4. The number of carbonyl (C=O) groups is 1. The maximum absolute atomic E-state index is 12.7. The average molecular weight is 333 g/mol. The Morgan fingerprint density at radius 1 is 1.43 bits per heavy atom. The second-order valence-electron chi connectivity index (χ2n) is 6.02. The van der Waals surface area contributed by atoms with Crippen molar-refractivity contribution in [2.75, 3.05) is 0 Å². The number of aromatic nitrogens is 2. The van der Waals surface area contributed by atoms with E-state index < -0.39 is 35.7 Å². The summed E-state index contributed by atoms with van der Waals surface area (Å²) in [4.78, 5) is 30.2. The van der Waals surface area contributed by atoms with E-state index in [1.165, 1.54) is 13.8 Å². The first kappa shape index (κ1) is 17.5. The highest BCUT2D eigenvalue weighted by Crippen LogP contribution is 2.37. The summed E-state index contributed by atoms with van der Waals surface area (Å²) in [5.41, 5.74) is -0.791. The largest absolute Gasteiger partial charge is 0.416 e. The number of hydrogen-bond acceptors (Lipinski definition) is 4. The topological polar surface area (TPSA) is 95.1 Å². The second kappa shape index (κ2) is 6.31. The summed E-state index contributed by atoms with van der Waals surface area (Å²) in [6, 6.07) is -0.605. The number of H-pyrrole nitrogens is 1. The van der Waals surface area contributed by atoms with Crippen molar-refractivity contribution < 1.29 is 23.1 Å². The smallest absolute Gasteiger partial charge is 0.382 e. The Hall–Kier alpha value is -1.90. The van der Waals surface area contributed by atoms with Crippen LogP contribution in [-0.4, -0.2) is 39.3 Å². The minimum absolute atomic E-state index is 0.0807. The SMILES string of the molecule is CC(C)[C@H](NC(=O)c1cc(=O)[nH]c(C2CC2)n1)[C@H](O)C(F)(F)F. The lowest BCUT2D eigenvalue weighted by Crippen LogP contribution is -2.52. The van der Waals surface area contributed by atoms with Gasteiger partial charge < -0.3 is 15.4 Å². The number of aromatic amines is 1. The molecule has 1 aromatic heterocycles. The Bertz CT molecular complexity index is 638. The van der Waals surface area contributed by atoms with Crippen LogP contribution in [0.3, 0.4) is 0 Å². The van der Waals surface area contributed by atoms with Crippen LogP contribution in [0.2, 0.25) is 0 Å². The number of nitrogens with zero attached hydrogens (tertiary/aromatic N) is 1. The molecule has 2 atom stereocenters. The molecule has 3 N–H and O–H groups in total. The lowest BCUT2D eigenvalue weighted by molar-refractivity contribution is -0.214. The van der Waals surface area contributed by atoms with Crippen molar-refractivity contribution in [2.24, 2.45) is 5.92 Å². The van der Waals surface area contributed by atoms with E-state index in [1.54, 1.807) is 0 Å². The molecule has 2 rings (SSSR count). The number of nitrogens with one attached hydrogen (secondary N) is 2. The predicted molar refractivity (Wildman–Crippen MR) is 75.0 cm³/mol. The van der Waals surface area contributed by atoms with Crippen molar-refractivity contribution in [3.63, 3.8) is 0 Å². The molecule has 0 aromatic carbocycles. The van der Waals surface area contributed by atoms with Crippen LogP contribution in [0, 0.1) is 5.92 Å². The van der Waals surface area contributed by atoms with E-state index in [4.69, 9.17) is 0 Å². The van der Waals surface area contributed by atoms with Gasteiger partial charge in [0.15, 0.2) is 6.10 Å². The summed E-state index contributed by atoms with van der Waals surface area (Å²) in [6.07, 6.45) is -5.87. The number of amides is 1. The number of hydrogen-bond donors (Lipinski definition) is 3. The molecule has 1 saturated carbocycles. The van der Waals surface area contributed by atoms with E-state index >= 15 is 0 Å². The summed E-state index contributed by atoms with van der Waals surface area (Å²) in [7, 11) is 0. The molecular weight excluding hydrogens is 315 g/mol. The van der Waals surface area contributed by atoms with Crippen molar-refractivity contribution in [3.05, 3.63) is 27.9 Å². The molecule has 1 aliphatic carbocycles. The Morgan fingerprint density at radius 2 is 2.04 bits per heavy atom. The van der Waals surface area contributed by atoms with Crippen LogP contribution in [0.25, 0.3) is 0 Å².